The van der Waals surface area contributed by atoms with Crippen LogP contribution in [0.5, 0.6) is 0 Å². The molecule has 0 bridgehead atoms. The average molecular weight is 311 g/mol. The van der Waals surface area contributed by atoms with Gasteiger partial charge in [-0.1, -0.05) is 36.1 Å². The van der Waals surface area contributed by atoms with Crippen LogP contribution in [0.2, 0.25) is 0 Å². The first-order valence-corrected chi connectivity index (χ1v) is 6.69. The highest BCUT2D eigenvalue weighted by Gasteiger charge is 2.01. The Labute approximate surface area is 134 Å². The Bertz CT molecular complexity index is 905. The van der Waals surface area contributed by atoms with Gasteiger partial charge in [-0.2, -0.15) is 0 Å². The number of nitrogens with two attached hydrogens (primary N) is 1. The highest BCUT2D eigenvalue weighted by Crippen LogP contribution is 2.12. The quantitative estimate of drug-likeness (QED) is 0.679. The normalized spacial score (nSPS) is 9.68. The number of pyridine rings is 1. The number of H-pyrrole nitrogens is 1. The summed E-state index contributed by atoms with van der Waals surface area (Å²) in [5, 5.41) is 1.51. The Morgan fingerprint density at radius 2 is 1.68 bits per heavy atom. The predicted octanol–water partition coefficient (Wildman–Crippen LogP) is 2.81. The van der Waals surface area contributed by atoms with Gasteiger partial charge in [-0.3, -0.25) is 4.79 Å². The van der Waals surface area contributed by atoms with Gasteiger partial charge in [-0.05, 0) is 35.7 Å². The van der Waals surface area contributed by atoms with E-state index in [0.29, 0.717) is 11.9 Å². The Kier molecular flexibility index (Phi) is 5.00. The van der Waals surface area contributed by atoms with Gasteiger partial charge in [0.2, 0.25) is 0 Å². The molecule has 0 unspecified atom stereocenters. The lowest BCUT2D eigenvalue weighted by Gasteiger charge is -2.01. The summed E-state index contributed by atoms with van der Waals surface area (Å²) >= 11 is 0. The molecule has 3 nitrogen and oxygen atoms in total. The van der Waals surface area contributed by atoms with Crippen LogP contribution < -0.4 is 11.3 Å². The van der Waals surface area contributed by atoms with Gasteiger partial charge in [0.1, 0.15) is 0 Å². The van der Waals surface area contributed by atoms with Gasteiger partial charge in [-0.25, -0.2) is 0 Å². The number of rotatable bonds is 1. The standard InChI is InChI=1S/C18H14N2O.ClH/c19-12-16-11-15-9-8-14(10-17(15)18(21)20-16)7-6-13-4-2-1-3-5-13;/h1-5,8-11H,12,19H2,(H,20,21);1H. The molecule has 1 heterocycles. The SMILES string of the molecule is Cl.NCc1cc2ccc(C#Cc3ccccc3)cc2c(=O)[nH]1. The lowest BCUT2D eigenvalue weighted by Crippen LogP contribution is -2.11. The van der Waals surface area contributed by atoms with Crippen LogP contribution in [0.3, 0.4) is 0 Å². The second-order valence-corrected chi connectivity index (χ2v) is 4.75. The first kappa shape index (κ1) is 15.8. The fourth-order valence-electron chi connectivity index (χ4n) is 2.17. The molecule has 3 N–H and O–H groups in total. The zero-order valence-corrected chi connectivity index (χ0v) is 12.6. The van der Waals surface area contributed by atoms with Crippen molar-refractivity contribution in [2.75, 3.05) is 0 Å². The van der Waals surface area contributed by atoms with E-state index in [9.17, 15) is 4.79 Å². The Morgan fingerprint density at radius 1 is 0.955 bits per heavy atom. The molecule has 4 heteroatoms. The van der Waals surface area contributed by atoms with Gasteiger partial charge in [0.15, 0.2) is 0 Å². The molecular formula is C18H15ClN2O. The fourth-order valence-corrected chi connectivity index (χ4v) is 2.17. The summed E-state index contributed by atoms with van der Waals surface area (Å²) in [5.74, 6) is 6.17. The summed E-state index contributed by atoms with van der Waals surface area (Å²) in [6.45, 7) is 0.320. The fraction of sp³-hybridized carbons (Fsp3) is 0.0556. The van der Waals surface area contributed by atoms with E-state index < -0.39 is 0 Å². The Hall–Kier alpha value is -2.54. The van der Waals surface area contributed by atoms with Gasteiger partial charge < -0.3 is 10.7 Å². The summed E-state index contributed by atoms with van der Waals surface area (Å²) < 4.78 is 0. The van der Waals surface area contributed by atoms with Gasteiger partial charge in [0.05, 0.1) is 0 Å². The molecule has 1 aromatic heterocycles. The third-order valence-electron chi connectivity index (χ3n) is 3.25. The van der Waals surface area contributed by atoms with E-state index in [4.69, 9.17) is 5.73 Å². The molecule has 0 saturated carbocycles. The third kappa shape index (κ3) is 3.37. The molecule has 0 atom stereocenters. The highest BCUT2D eigenvalue weighted by atomic mass is 35.5. The predicted molar refractivity (Wildman–Crippen MR) is 92.1 cm³/mol. The van der Waals surface area contributed by atoms with Gasteiger partial charge >= 0.3 is 0 Å². The second kappa shape index (κ2) is 6.95. The maximum absolute atomic E-state index is 12.0. The molecule has 0 aliphatic heterocycles. The van der Waals surface area contributed by atoms with Gasteiger partial charge in [0.25, 0.3) is 5.56 Å². The van der Waals surface area contributed by atoms with E-state index >= 15 is 0 Å². The zero-order chi connectivity index (χ0) is 14.7. The van der Waals surface area contributed by atoms with Crippen LogP contribution in [0.25, 0.3) is 10.8 Å². The molecule has 0 aliphatic carbocycles. The second-order valence-electron chi connectivity index (χ2n) is 4.75. The first-order chi connectivity index (χ1) is 10.3. The number of aromatic amines is 1. The van der Waals surface area contributed by atoms with Gasteiger partial charge in [0, 0.05) is 28.8 Å². The van der Waals surface area contributed by atoms with E-state index in [1.807, 2.05) is 54.6 Å². The van der Waals surface area contributed by atoms with Crippen LogP contribution in [-0.4, -0.2) is 4.98 Å². The highest BCUT2D eigenvalue weighted by molar-refractivity contribution is 5.85. The molecular weight excluding hydrogens is 296 g/mol. The van der Waals surface area contributed by atoms with Gasteiger partial charge in [-0.15, -0.1) is 12.4 Å². The van der Waals surface area contributed by atoms with Crippen LogP contribution >= 0.6 is 12.4 Å². The topological polar surface area (TPSA) is 58.9 Å². The molecule has 2 aromatic carbocycles. The summed E-state index contributed by atoms with van der Waals surface area (Å²) in [5.41, 5.74) is 7.93. The molecule has 3 aromatic rings. The number of hydrogen-bond donors (Lipinski definition) is 2. The molecule has 22 heavy (non-hydrogen) atoms. The van der Waals surface area contributed by atoms with Crippen molar-refractivity contribution >= 4 is 23.2 Å². The third-order valence-corrected chi connectivity index (χ3v) is 3.25. The lowest BCUT2D eigenvalue weighted by molar-refractivity contribution is 0.983. The largest absolute Gasteiger partial charge is 0.325 e. The smallest absolute Gasteiger partial charge is 0.256 e. The number of fused-ring (bicyclic) bond motifs is 1. The van der Waals surface area contributed by atoms with E-state index in [1.54, 1.807) is 0 Å². The minimum absolute atomic E-state index is 0. The van der Waals surface area contributed by atoms with E-state index in [0.717, 1.165) is 22.2 Å². The van der Waals surface area contributed by atoms with Crippen molar-refractivity contribution in [2.24, 2.45) is 5.73 Å². The molecule has 0 aliphatic rings. The Morgan fingerprint density at radius 3 is 2.41 bits per heavy atom. The number of nitrogens with one attached hydrogen (secondary N) is 1. The van der Waals surface area contributed by atoms with Crippen molar-refractivity contribution in [2.45, 2.75) is 6.54 Å². The van der Waals surface area contributed by atoms with Crippen molar-refractivity contribution in [3.63, 3.8) is 0 Å². The average Bonchev–Trinajstić information content (AvgIpc) is 2.54. The number of benzene rings is 2. The summed E-state index contributed by atoms with van der Waals surface area (Å²) in [7, 11) is 0. The first-order valence-electron chi connectivity index (χ1n) is 6.69. The number of halogens is 1. The van der Waals surface area contributed by atoms with Crippen molar-refractivity contribution in [1.29, 1.82) is 0 Å². The molecule has 0 saturated heterocycles. The van der Waals surface area contributed by atoms with Crippen molar-refractivity contribution < 1.29 is 0 Å². The molecule has 0 fully saturated rings. The van der Waals surface area contributed by atoms with E-state index in [-0.39, 0.29) is 18.0 Å². The summed E-state index contributed by atoms with van der Waals surface area (Å²) in [4.78, 5) is 14.8. The van der Waals surface area contributed by atoms with Crippen LogP contribution in [0.4, 0.5) is 0 Å². The molecule has 3 rings (SSSR count). The summed E-state index contributed by atoms with van der Waals surface area (Å²) in [6.07, 6.45) is 0. The molecule has 0 spiro atoms. The lowest BCUT2D eigenvalue weighted by atomic mass is 10.1. The van der Waals surface area contributed by atoms with Crippen molar-refractivity contribution in [3.8, 4) is 11.8 Å². The van der Waals surface area contributed by atoms with E-state index in [1.165, 1.54) is 0 Å². The van der Waals surface area contributed by atoms with Crippen LogP contribution in [0, 0.1) is 11.8 Å². The maximum Gasteiger partial charge on any atom is 0.256 e. The minimum Gasteiger partial charge on any atom is -0.325 e. The zero-order valence-electron chi connectivity index (χ0n) is 11.8. The number of aromatic nitrogens is 1. The van der Waals surface area contributed by atoms with Crippen LogP contribution in [0.15, 0.2) is 59.4 Å². The van der Waals surface area contributed by atoms with Crippen LogP contribution in [0.1, 0.15) is 16.8 Å². The molecule has 0 amide bonds. The summed E-state index contributed by atoms with van der Waals surface area (Å²) in [6, 6.07) is 17.3. The van der Waals surface area contributed by atoms with Crippen molar-refractivity contribution in [3.05, 3.63) is 81.8 Å². The molecule has 110 valence electrons. The Balaban J connectivity index is 0.00000176. The minimum atomic E-state index is -0.128. The number of hydrogen-bond acceptors (Lipinski definition) is 2. The van der Waals surface area contributed by atoms with Crippen molar-refractivity contribution in [1.82, 2.24) is 4.98 Å². The van der Waals surface area contributed by atoms with E-state index in [2.05, 4.69) is 16.8 Å². The monoisotopic (exact) mass is 310 g/mol. The molecule has 0 radical (unpaired) electrons. The maximum atomic E-state index is 12.0. The van der Waals surface area contributed by atoms with Crippen LogP contribution in [-0.2, 0) is 6.54 Å².